The van der Waals surface area contributed by atoms with Crippen LogP contribution in [0.5, 0.6) is 0 Å². The van der Waals surface area contributed by atoms with E-state index in [1.807, 2.05) is 36.4 Å². The van der Waals surface area contributed by atoms with E-state index in [9.17, 15) is 36.0 Å². The predicted molar refractivity (Wildman–Crippen MR) is 224 cm³/mol. The number of urea groups is 2. The van der Waals surface area contributed by atoms with Gasteiger partial charge in [0.1, 0.15) is 0 Å². The number of nitrogens with zero attached hydrogens (tertiary/aromatic N) is 4. The van der Waals surface area contributed by atoms with Crippen LogP contribution in [0.4, 0.5) is 21.0 Å². The Morgan fingerprint density at radius 1 is 0.621 bits per heavy atom. The summed E-state index contributed by atoms with van der Waals surface area (Å²) >= 11 is 12.7. The van der Waals surface area contributed by atoms with Crippen molar-refractivity contribution < 1.29 is 40.8 Å². The second-order valence-corrected chi connectivity index (χ2v) is 18.8. The lowest BCUT2D eigenvalue weighted by Crippen LogP contribution is -2.49. The van der Waals surface area contributed by atoms with Gasteiger partial charge < -0.3 is 20.3 Å². The van der Waals surface area contributed by atoms with E-state index in [2.05, 4.69) is 0 Å². The molecule has 2 aliphatic rings. The van der Waals surface area contributed by atoms with E-state index in [0.717, 1.165) is 0 Å². The molecule has 0 atom stereocenters. The van der Waals surface area contributed by atoms with Crippen molar-refractivity contribution in [3.63, 3.8) is 0 Å². The highest BCUT2D eigenvalue weighted by Gasteiger charge is 2.31. The first-order chi connectivity index (χ1) is 27.6. The van der Waals surface area contributed by atoms with E-state index in [1.165, 1.54) is 23.0 Å². The van der Waals surface area contributed by atoms with Gasteiger partial charge in [-0.3, -0.25) is 14.6 Å². The Labute approximate surface area is 347 Å². The van der Waals surface area contributed by atoms with Crippen LogP contribution in [-0.2, 0) is 37.5 Å². The molecule has 2 heterocycles. The average molecular weight is 873 g/mol. The molecule has 0 bridgehead atoms. The topological polar surface area (TPSA) is 185 Å². The Kier molecular flexibility index (Phi) is 14.9. The highest BCUT2D eigenvalue weighted by molar-refractivity contribution is 7.91. The molecule has 0 aliphatic carbocycles. The molecule has 18 heteroatoms. The van der Waals surface area contributed by atoms with Crippen LogP contribution in [0.1, 0.15) is 31.8 Å². The minimum Gasteiger partial charge on any atom is -0.465 e. The minimum absolute atomic E-state index is 0.0436. The lowest BCUT2D eigenvalue weighted by molar-refractivity contribution is 0.0600. The van der Waals surface area contributed by atoms with Gasteiger partial charge in [-0.1, -0.05) is 77.8 Å². The molecule has 14 nitrogen and oxygen atoms in total. The number of hydrogen-bond acceptors (Lipinski definition) is 10. The van der Waals surface area contributed by atoms with E-state index in [0.29, 0.717) is 43.7 Å². The van der Waals surface area contributed by atoms with Crippen molar-refractivity contribution in [2.24, 2.45) is 5.73 Å². The Hall–Kier alpha value is -5.00. The first-order valence-electron chi connectivity index (χ1n) is 18.1. The molecule has 4 amide bonds. The first kappa shape index (κ1) is 44.1. The zero-order valence-electron chi connectivity index (χ0n) is 31.6. The molecule has 0 spiro atoms. The zero-order chi connectivity index (χ0) is 42.0. The molecule has 58 heavy (non-hydrogen) atoms. The summed E-state index contributed by atoms with van der Waals surface area (Å²) in [5.74, 6) is -0.893. The molecule has 0 aromatic heterocycles. The minimum atomic E-state index is -3.10. The molecule has 0 saturated carbocycles. The number of ketones is 1. The number of methoxy groups -OCH3 is 1. The van der Waals surface area contributed by atoms with Gasteiger partial charge in [0, 0.05) is 53.2 Å². The van der Waals surface area contributed by atoms with Crippen molar-refractivity contribution in [2.45, 2.75) is 13.1 Å². The maximum atomic E-state index is 13.2. The number of carbonyl (C=O) groups is 4. The summed E-state index contributed by atoms with van der Waals surface area (Å²) in [4.78, 5) is 56.0. The Balaban J connectivity index is 0.000000221. The molecular formula is C40H43Cl2N5O9S2. The van der Waals surface area contributed by atoms with Crippen LogP contribution in [0.2, 0.25) is 10.0 Å². The van der Waals surface area contributed by atoms with Gasteiger partial charge >= 0.3 is 18.0 Å². The van der Waals surface area contributed by atoms with Gasteiger partial charge in [-0.05, 0) is 53.6 Å². The third kappa shape index (κ3) is 11.6. The van der Waals surface area contributed by atoms with Crippen LogP contribution in [0.15, 0.2) is 97.1 Å². The van der Waals surface area contributed by atoms with Gasteiger partial charge in [-0.25, -0.2) is 31.2 Å². The molecule has 0 radical (unpaired) electrons. The summed E-state index contributed by atoms with van der Waals surface area (Å²) in [6.45, 7) is 0.861. The van der Waals surface area contributed by atoms with Crippen molar-refractivity contribution >= 4 is 78.1 Å². The van der Waals surface area contributed by atoms with Crippen molar-refractivity contribution in [2.75, 3.05) is 72.6 Å². The van der Waals surface area contributed by atoms with Crippen molar-refractivity contribution in [1.82, 2.24) is 9.80 Å². The highest BCUT2D eigenvalue weighted by atomic mass is 35.5. The highest BCUT2D eigenvalue weighted by Crippen LogP contribution is 2.27. The summed E-state index contributed by atoms with van der Waals surface area (Å²) in [6.07, 6.45) is 0. The molecule has 0 unspecified atom stereocenters. The van der Waals surface area contributed by atoms with E-state index < -0.39 is 25.6 Å². The summed E-state index contributed by atoms with van der Waals surface area (Å²) in [7, 11) is -4.90. The average Bonchev–Trinajstić information content (AvgIpc) is 3.22. The first-order valence-corrected chi connectivity index (χ1v) is 22.5. The van der Waals surface area contributed by atoms with E-state index in [1.54, 1.807) is 64.4 Å². The number of halogens is 2. The number of Topliss-reactive ketones (excluding diaryl/α,β-unsaturated/α-hetero) is 1. The SMILES string of the molecule is COC(=O)c1ccc(CN(C(=O)N2CCS(=O)(=O)CC2)c2ccccc2)c(Cl)c1.NCC(=O)c1ccc(CN(C(=O)N2CCS(=O)(=O)CC2)c2ccccc2)c(Cl)c1. The fourth-order valence-electron chi connectivity index (χ4n) is 6.13. The Morgan fingerprint density at radius 3 is 1.36 bits per heavy atom. The Morgan fingerprint density at radius 2 is 1.00 bits per heavy atom. The number of rotatable bonds is 9. The van der Waals surface area contributed by atoms with Crippen molar-refractivity contribution in [1.29, 1.82) is 0 Å². The second kappa shape index (κ2) is 19.6. The van der Waals surface area contributed by atoms with Crippen LogP contribution in [0.3, 0.4) is 0 Å². The van der Waals surface area contributed by atoms with Crippen LogP contribution in [0, 0.1) is 0 Å². The Bertz CT molecular complexity index is 2160. The van der Waals surface area contributed by atoms with Crippen LogP contribution >= 0.6 is 23.2 Å². The van der Waals surface area contributed by atoms with E-state index in [4.69, 9.17) is 33.7 Å². The third-order valence-electron chi connectivity index (χ3n) is 9.52. The summed E-state index contributed by atoms with van der Waals surface area (Å²) in [6, 6.07) is 27.3. The van der Waals surface area contributed by atoms with Crippen LogP contribution in [-0.4, -0.2) is 113 Å². The molecule has 2 aliphatic heterocycles. The third-order valence-corrected chi connectivity index (χ3v) is 13.4. The number of amides is 4. The molecular weight excluding hydrogens is 830 g/mol. The quantitative estimate of drug-likeness (QED) is 0.171. The number of carbonyl (C=O) groups excluding carboxylic acids is 4. The summed E-state index contributed by atoms with van der Waals surface area (Å²) in [5, 5.41) is 0.696. The van der Waals surface area contributed by atoms with Gasteiger partial charge in [0.15, 0.2) is 25.5 Å². The normalized spacial score (nSPS) is 15.7. The lowest BCUT2D eigenvalue weighted by Gasteiger charge is -2.33. The molecule has 2 saturated heterocycles. The van der Waals surface area contributed by atoms with Gasteiger partial charge in [-0.2, -0.15) is 0 Å². The van der Waals surface area contributed by atoms with Gasteiger partial charge in [-0.15, -0.1) is 0 Å². The van der Waals surface area contributed by atoms with Crippen molar-refractivity contribution in [3.8, 4) is 0 Å². The maximum Gasteiger partial charge on any atom is 0.337 e. The van der Waals surface area contributed by atoms with E-state index >= 15 is 0 Å². The lowest BCUT2D eigenvalue weighted by atomic mass is 10.1. The number of nitrogens with two attached hydrogens (primary N) is 1. The largest absolute Gasteiger partial charge is 0.465 e. The molecule has 4 aromatic rings. The number of ether oxygens (including phenoxy) is 1. The predicted octanol–water partition coefficient (Wildman–Crippen LogP) is 5.32. The number of benzene rings is 4. The molecule has 2 N–H and O–H groups in total. The summed E-state index contributed by atoms with van der Waals surface area (Å²) in [5.41, 5.74) is 8.79. The van der Waals surface area contributed by atoms with E-state index in [-0.39, 0.29) is 86.7 Å². The second-order valence-electron chi connectivity index (χ2n) is 13.4. The zero-order valence-corrected chi connectivity index (χ0v) is 34.8. The molecule has 2 fully saturated rings. The summed E-state index contributed by atoms with van der Waals surface area (Å²) < 4.78 is 51.5. The van der Waals surface area contributed by atoms with Gasteiger partial charge in [0.05, 0.1) is 55.3 Å². The monoisotopic (exact) mass is 871 g/mol. The number of anilines is 2. The number of esters is 1. The van der Waals surface area contributed by atoms with Crippen LogP contribution < -0.4 is 15.5 Å². The number of sulfone groups is 2. The fourth-order valence-corrected chi connectivity index (χ4v) is 9.01. The molecule has 308 valence electrons. The standard InChI is InChI=1S/C20H22ClN3O4S.C20H21ClN2O5S/c21-18-12-15(19(25)13-22)6-7-16(18)14-24(17-4-2-1-3-5-17)20(26)23-8-10-29(27,28)11-9-23;1-28-19(24)15-7-8-16(18(21)13-15)14-23(17-5-3-2-4-6-17)20(25)22-9-11-29(26,27)12-10-22/h1-7,12H,8-11,13-14,22H2;2-8,13H,9-12,14H2,1H3. The fraction of sp³-hybridized carbons (Fsp3) is 0.300. The van der Waals surface area contributed by atoms with Gasteiger partial charge in [0.2, 0.25) is 0 Å². The smallest absolute Gasteiger partial charge is 0.337 e. The maximum absolute atomic E-state index is 13.2. The van der Waals surface area contributed by atoms with Gasteiger partial charge in [0.25, 0.3) is 0 Å². The van der Waals surface area contributed by atoms with Crippen LogP contribution in [0.25, 0.3) is 0 Å². The number of para-hydroxylation sites is 2. The van der Waals surface area contributed by atoms with Crippen molar-refractivity contribution in [3.05, 3.63) is 129 Å². The molecule has 6 rings (SSSR count). The molecule has 4 aromatic carbocycles. The number of hydrogen-bond donors (Lipinski definition) is 1.